The fraction of sp³-hybridized carbons (Fsp3) is 0.353. The van der Waals surface area contributed by atoms with Gasteiger partial charge in [-0.25, -0.2) is 0 Å². The number of hydrogen-bond acceptors (Lipinski definition) is 2. The highest BCUT2D eigenvalue weighted by Crippen LogP contribution is 2.23. The Morgan fingerprint density at radius 3 is 2.68 bits per heavy atom. The summed E-state index contributed by atoms with van der Waals surface area (Å²) in [5.41, 5.74) is 5.23. The molecule has 19 heavy (non-hydrogen) atoms. The first-order valence-corrected chi connectivity index (χ1v) is 7.04. The Morgan fingerprint density at radius 1 is 1.11 bits per heavy atom. The van der Waals surface area contributed by atoms with Gasteiger partial charge in [0.15, 0.2) is 0 Å². The Balaban J connectivity index is 1.87. The van der Waals surface area contributed by atoms with Crippen molar-refractivity contribution in [2.45, 2.75) is 26.3 Å². The molecule has 1 aromatic heterocycles. The van der Waals surface area contributed by atoms with Gasteiger partial charge in [-0.2, -0.15) is 0 Å². The molecule has 0 spiro atoms. The predicted molar refractivity (Wildman–Crippen MR) is 78.9 cm³/mol. The quantitative estimate of drug-likeness (QED) is 0.829. The summed E-state index contributed by atoms with van der Waals surface area (Å²) in [6.07, 6.45) is 6.46. The molecule has 1 aliphatic heterocycles. The van der Waals surface area contributed by atoms with Crippen LogP contribution in [0.1, 0.15) is 24.0 Å². The molecule has 1 fully saturated rings. The second kappa shape index (κ2) is 5.54. The van der Waals surface area contributed by atoms with Crippen LogP contribution in [0.4, 0.5) is 0 Å². The summed E-state index contributed by atoms with van der Waals surface area (Å²) in [5.74, 6) is 0. The number of aromatic nitrogens is 1. The number of rotatable bonds is 3. The normalized spacial score (nSPS) is 15.8. The van der Waals surface area contributed by atoms with Crippen LogP contribution < -0.4 is 0 Å². The van der Waals surface area contributed by atoms with E-state index in [9.17, 15) is 0 Å². The summed E-state index contributed by atoms with van der Waals surface area (Å²) in [4.78, 5) is 6.76. The molecule has 0 unspecified atom stereocenters. The Kier molecular flexibility index (Phi) is 3.60. The standard InChI is InChI=1S/C17H20N2/c1-14-9-15(13-19-7-2-3-8-19)11-17(10-14)16-5-4-6-18-12-16/h4-6,9-12H,2-3,7-8,13H2,1H3. The highest BCUT2D eigenvalue weighted by atomic mass is 15.1. The molecular weight excluding hydrogens is 232 g/mol. The van der Waals surface area contributed by atoms with E-state index >= 15 is 0 Å². The summed E-state index contributed by atoms with van der Waals surface area (Å²) < 4.78 is 0. The van der Waals surface area contributed by atoms with Crippen LogP contribution in [0, 0.1) is 6.92 Å². The van der Waals surface area contributed by atoms with E-state index in [1.807, 2.05) is 18.5 Å². The summed E-state index contributed by atoms with van der Waals surface area (Å²) >= 11 is 0. The van der Waals surface area contributed by atoms with E-state index in [1.54, 1.807) is 0 Å². The van der Waals surface area contributed by atoms with Crippen LogP contribution in [0.3, 0.4) is 0 Å². The zero-order valence-electron chi connectivity index (χ0n) is 11.5. The van der Waals surface area contributed by atoms with Crippen molar-refractivity contribution in [3.8, 4) is 11.1 Å². The maximum absolute atomic E-state index is 4.21. The Hall–Kier alpha value is -1.67. The van der Waals surface area contributed by atoms with E-state index in [2.05, 4.69) is 41.1 Å². The van der Waals surface area contributed by atoms with Crippen molar-refractivity contribution in [1.29, 1.82) is 0 Å². The molecule has 2 heterocycles. The van der Waals surface area contributed by atoms with Crippen molar-refractivity contribution in [3.05, 3.63) is 53.9 Å². The second-order valence-corrected chi connectivity index (χ2v) is 5.43. The van der Waals surface area contributed by atoms with Crippen molar-refractivity contribution in [2.24, 2.45) is 0 Å². The summed E-state index contributed by atoms with van der Waals surface area (Å²) in [5, 5.41) is 0. The van der Waals surface area contributed by atoms with Crippen LogP contribution in [0.15, 0.2) is 42.7 Å². The number of pyridine rings is 1. The molecule has 0 saturated carbocycles. The minimum atomic E-state index is 1.08. The molecular formula is C17H20N2. The van der Waals surface area contributed by atoms with Gasteiger partial charge in [0.25, 0.3) is 0 Å². The SMILES string of the molecule is Cc1cc(CN2CCCC2)cc(-c2cccnc2)c1. The summed E-state index contributed by atoms with van der Waals surface area (Å²) in [7, 11) is 0. The molecule has 0 bridgehead atoms. The largest absolute Gasteiger partial charge is 0.299 e. The lowest BCUT2D eigenvalue weighted by molar-refractivity contribution is 0.331. The van der Waals surface area contributed by atoms with Crippen LogP contribution in [-0.4, -0.2) is 23.0 Å². The van der Waals surface area contributed by atoms with E-state index in [0.29, 0.717) is 0 Å². The predicted octanol–water partition coefficient (Wildman–Crippen LogP) is 3.65. The van der Waals surface area contributed by atoms with Crippen molar-refractivity contribution in [3.63, 3.8) is 0 Å². The third kappa shape index (κ3) is 3.02. The van der Waals surface area contributed by atoms with Gasteiger partial charge in [0.05, 0.1) is 0 Å². The van der Waals surface area contributed by atoms with Gasteiger partial charge < -0.3 is 0 Å². The third-order valence-corrected chi connectivity index (χ3v) is 3.74. The monoisotopic (exact) mass is 252 g/mol. The molecule has 1 aliphatic rings. The lowest BCUT2D eigenvalue weighted by Crippen LogP contribution is -2.18. The Bertz CT molecular complexity index is 542. The Labute approximate surface area is 115 Å². The van der Waals surface area contributed by atoms with Crippen LogP contribution in [0.5, 0.6) is 0 Å². The van der Waals surface area contributed by atoms with Crippen LogP contribution in [0.2, 0.25) is 0 Å². The Morgan fingerprint density at radius 2 is 1.95 bits per heavy atom. The molecule has 0 aliphatic carbocycles. The van der Waals surface area contributed by atoms with Crippen molar-refractivity contribution in [1.82, 2.24) is 9.88 Å². The average molecular weight is 252 g/mol. The van der Waals surface area contributed by atoms with E-state index < -0.39 is 0 Å². The van der Waals surface area contributed by atoms with Crippen LogP contribution >= 0.6 is 0 Å². The molecule has 1 saturated heterocycles. The number of benzene rings is 1. The molecule has 2 nitrogen and oxygen atoms in total. The first kappa shape index (κ1) is 12.4. The fourth-order valence-electron chi connectivity index (χ4n) is 2.85. The zero-order valence-corrected chi connectivity index (χ0v) is 11.5. The molecule has 0 atom stereocenters. The van der Waals surface area contributed by atoms with Gasteiger partial charge in [0.1, 0.15) is 0 Å². The van der Waals surface area contributed by atoms with E-state index in [1.165, 1.54) is 48.2 Å². The molecule has 98 valence electrons. The van der Waals surface area contributed by atoms with Crippen molar-refractivity contribution >= 4 is 0 Å². The maximum Gasteiger partial charge on any atom is 0.0346 e. The van der Waals surface area contributed by atoms with E-state index in [-0.39, 0.29) is 0 Å². The molecule has 1 aromatic carbocycles. The minimum Gasteiger partial charge on any atom is -0.299 e. The van der Waals surface area contributed by atoms with Crippen molar-refractivity contribution < 1.29 is 0 Å². The number of likely N-dealkylation sites (tertiary alicyclic amines) is 1. The van der Waals surface area contributed by atoms with Gasteiger partial charge in [0.2, 0.25) is 0 Å². The smallest absolute Gasteiger partial charge is 0.0346 e. The lowest BCUT2D eigenvalue weighted by atomic mass is 10.0. The van der Waals surface area contributed by atoms with E-state index in [4.69, 9.17) is 0 Å². The van der Waals surface area contributed by atoms with Gasteiger partial charge in [-0.05, 0) is 56.1 Å². The molecule has 0 N–H and O–H groups in total. The molecule has 0 radical (unpaired) electrons. The fourth-order valence-corrected chi connectivity index (χ4v) is 2.85. The van der Waals surface area contributed by atoms with Gasteiger partial charge in [-0.15, -0.1) is 0 Å². The van der Waals surface area contributed by atoms with E-state index in [0.717, 1.165) is 6.54 Å². The highest BCUT2D eigenvalue weighted by molar-refractivity contribution is 5.64. The molecule has 2 heteroatoms. The molecule has 3 rings (SSSR count). The van der Waals surface area contributed by atoms with Gasteiger partial charge in [-0.1, -0.05) is 23.8 Å². The lowest BCUT2D eigenvalue weighted by Gasteiger charge is -2.16. The summed E-state index contributed by atoms with van der Waals surface area (Å²) in [6.45, 7) is 5.74. The van der Waals surface area contributed by atoms with Crippen LogP contribution in [0.25, 0.3) is 11.1 Å². The topological polar surface area (TPSA) is 16.1 Å². The minimum absolute atomic E-state index is 1.08. The van der Waals surface area contributed by atoms with Gasteiger partial charge in [0, 0.05) is 24.5 Å². The maximum atomic E-state index is 4.21. The molecule has 0 amide bonds. The number of nitrogens with zero attached hydrogens (tertiary/aromatic N) is 2. The highest BCUT2D eigenvalue weighted by Gasteiger charge is 2.12. The number of hydrogen-bond donors (Lipinski definition) is 0. The van der Waals surface area contributed by atoms with Crippen molar-refractivity contribution in [2.75, 3.05) is 13.1 Å². The number of aryl methyl sites for hydroxylation is 1. The summed E-state index contributed by atoms with van der Waals surface area (Å²) in [6, 6.07) is 11.0. The van der Waals surface area contributed by atoms with Gasteiger partial charge >= 0.3 is 0 Å². The van der Waals surface area contributed by atoms with Gasteiger partial charge in [-0.3, -0.25) is 9.88 Å². The molecule has 2 aromatic rings. The van der Waals surface area contributed by atoms with Crippen LogP contribution in [-0.2, 0) is 6.54 Å². The second-order valence-electron chi connectivity index (χ2n) is 5.43. The third-order valence-electron chi connectivity index (χ3n) is 3.74. The first-order chi connectivity index (χ1) is 9.31. The average Bonchev–Trinajstić information content (AvgIpc) is 2.92. The first-order valence-electron chi connectivity index (χ1n) is 7.04. The zero-order chi connectivity index (χ0) is 13.1.